The molecule has 0 unspecified atom stereocenters. The summed E-state index contributed by atoms with van der Waals surface area (Å²) in [5.74, 6) is 0. The van der Waals surface area contributed by atoms with Gasteiger partial charge in [0.25, 0.3) is 0 Å². The number of rotatable bonds is 0. The van der Waals surface area contributed by atoms with E-state index in [-0.39, 0.29) is 0 Å². The summed E-state index contributed by atoms with van der Waals surface area (Å²) in [6, 6.07) is 2.03. The maximum absolute atomic E-state index is 4.21. The van der Waals surface area contributed by atoms with Gasteiger partial charge in [-0.1, -0.05) is 0 Å². The Balaban J connectivity index is 2.54. The summed E-state index contributed by atoms with van der Waals surface area (Å²) >= 11 is 0. The Morgan fingerprint density at radius 1 is 1.40 bits per heavy atom. The number of hydrogen-bond acceptors (Lipinski definition) is 2. The molecule has 0 bridgehead atoms. The smallest absolute Gasteiger partial charge is 0.0840 e. The summed E-state index contributed by atoms with van der Waals surface area (Å²) in [6.45, 7) is 0. The fraction of sp³-hybridized carbons (Fsp3) is 0.250. The molecule has 2 heteroatoms. The summed E-state index contributed by atoms with van der Waals surface area (Å²) in [6.07, 6.45) is 7.76. The normalized spacial score (nSPS) is 14.8. The lowest BCUT2D eigenvalue weighted by molar-refractivity contribution is 1.02. The van der Waals surface area contributed by atoms with Crippen molar-refractivity contribution in [3.8, 4) is 0 Å². The summed E-state index contributed by atoms with van der Waals surface area (Å²) in [7, 11) is 0. The predicted molar refractivity (Wildman–Crippen MR) is 40.7 cm³/mol. The molecule has 0 N–H and O–H groups in total. The molecule has 0 atom stereocenters. The minimum absolute atomic E-state index is 1.04. The molecular formula is C8H8N2. The van der Waals surface area contributed by atoms with Crippen LogP contribution in [0.25, 0.3) is 0 Å². The molecule has 1 aromatic rings. The van der Waals surface area contributed by atoms with Gasteiger partial charge in [-0.25, -0.2) is 0 Å². The molecule has 1 aromatic heterocycles. The average molecular weight is 132 g/mol. The quantitative estimate of drug-likeness (QED) is 0.527. The number of pyridine rings is 1. The third kappa shape index (κ3) is 0.817. The second kappa shape index (κ2) is 2.21. The van der Waals surface area contributed by atoms with Crippen molar-refractivity contribution >= 4 is 11.9 Å². The summed E-state index contributed by atoms with van der Waals surface area (Å²) in [5, 5.41) is 0. The molecule has 2 rings (SSSR count). The Morgan fingerprint density at radius 2 is 2.40 bits per heavy atom. The zero-order valence-corrected chi connectivity index (χ0v) is 5.62. The standard InChI is InChI=1S/C8H8N2/c1-2-7-3-5-9-6-8(7)10-4-1/h3-6H,1-2H2. The van der Waals surface area contributed by atoms with Crippen LogP contribution in [0.1, 0.15) is 12.0 Å². The predicted octanol–water partition coefficient (Wildman–Crippen LogP) is 1.73. The second-order valence-electron chi connectivity index (χ2n) is 2.35. The molecular weight excluding hydrogens is 124 g/mol. The number of fused-ring (bicyclic) bond motifs is 1. The van der Waals surface area contributed by atoms with Gasteiger partial charge in [0.1, 0.15) is 0 Å². The average Bonchev–Trinajstić information content (AvgIpc) is 2.05. The van der Waals surface area contributed by atoms with Crippen LogP contribution in [0.5, 0.6) is 0 Å². The number of aromatic nitrogens is 1. The van der Waals surface area contributed by atoms with E-state index in [2.05, 4.69) is 9.98 Å². The third-order valence-corrected chi connectivity index (χ3v) is 1.66. The van der Waals surface area contributed by atoms with Crippen LogP contribution in [0.15, 0.2) is 23.5 Å². The van der Waals surface area contributed by atoms with E-state index in [0.717, 1.165) is 18.5 Å². The molecule has 2 nitrogen and oxygen atoms in total. The van der Waals surface area contributed by atoms with Crippen LogP contribution < -0.4 is 0 Å². The highest BCUT2D eigenvalue weighted by atomic mass is 14.8. The highest BCUT2D eigenvalue weighted by molar-refractivity contribution is 5.67. The van der Waals surface area contributed by atoms with Crippen molar-refractivity contribution in [3.05, 3.63) is 24.0 Å². The SMILES string of the molecule is C1=Nc2cnccc2CC1. The Kier molecular flexibility index (Phi) is 1.24. The van der Waals surface area contributed by atoms with Crippen molar-refractivity contribution in [2.45, 2.75) is 12.8 Å². The first-order chi connectivity index (χ1) is 4.97. The molecule has 0 saturated heterocycles. The van der Waals surface area contributed by atoms with Crippen LogP contribution in [-0.4, -0.2) is 11.2 Å². The fourth-order valence-corrected chi connectivity index (χ4v) is 1.13. The van der Waals surface area contributed by atoms with Gasteiger partial charge in [0.2, 0.25) is 0 Å². The molecule has 0 amide bonds. The first-order valence-electron chi connectivity index (χ1n) is 3.42. The van der Waals surface area contributed by atoms with Crippen LogP contribution in [0, 0.1) is 0 Å². The molecule has 1 aliphatic rings. The molecule has 50 valence electrons. The minimum Gasteiger partial charge on any atom is -0.262 e. The molecule has 1 aliphatic heterocycles. The Bertz CT molecular complexity index is 266. The maximum Gasteiger partial charge on any atom is 0.0840 e. The molecule has 2 heterocycles. The Morgan fingerprint density at radius 3 is 3.30 bits per heavy atom. The lowest BCUT2D eigenvalue weighted by Gasteiger charge is -2.06. The highest BCUT2D eigenvalue weighted by Gasteiger charge is 2.02. The van der Waals surface area contributed by atoms with Gasteiger partial charge in [-0.05, 0) is 24.5 Å². The van der Waals surface area contributed by atoms with Crippen molar-refractivity contribution in [3.63, 3.8) is 0 Å². The molecule has 0 aliphatic carbocycles. The van der Waals surface area contributed by atoms with E-state index in [0.29, 0.717) is 0 Å². The van der Waals surface area contributed by atoms with Crippen molar-refractivity contribution in [2.75, 3.05) is 0 Å². The van der Waals surface area contributed by atoms with Gasteiger partial charge in [0, 0.05) is 12.4 Å². The summed E-state index contributed by atoms with van der Waals surface area (Å²) in [4.78, 5) is 8.19. The molecule has 0 fully saturated rings. The van der Waals surface area contributed by atoms with Crippen molar-refractivity contribution < 1.29 is 0 Å². The zero-order valence-electron chi connectivity index (χ0n) is 5.62. The van der Waals surface area contributed by atoms with Crippen LogP contribution in [0.3, 0.4) is 0 Å². The van der Waals surface area contributed by atoms with E-state index in [1.54, 1.807) is 0 Å². The molecule has 0 saturated carbocycles. The minimum atomic E-state index is 1.04. The number of nitrogens with zero attached hydrogens (tertiary/aromatic N) is 2. The van der Waals surface area contributed by atoms with Crippen LogP contribution in [0.4, 0.5) is 5.69 Å². The third-order valence-electron chi connectivity index (χ3n) is 1.66. The second-order valence-corrected chi connectivity index (χ2v) is 2.35. The van der Waals surface area contributed by atoms with Gasteiger partial charge in [-0.2, -0.15) is 0 Å². The first kappa shape index (κ1) is 5.59. The van der Waals surface area contributed by atoms with Crippen LogP contribution in [0.2, 0.25) is 0 Å². The van der Waals surface area contributed by atoms with E-state index in [1.807, 2.05) is 24.7 Å². The summed E-state index contributed by atoms with van der Waals surface area (Å²) < 4.78 is 0. The van der Waals surface area contributed by atoms with Crippen molar-refractivity contribution in [2.24, 2.45) is 4.99 Å². The molecule has 0 radical (unpaired) electrons. The molecule has 0 aromatic carbocycles. The van der Waals surface area contributed by atoms with Gasteiger partial charge in [0.05, 0.1) is 11.9 Å². The summed E-state index contributed by atoms with van der Waals surface area (Å²) in [5.41, 5.74) is 2.35. The lowest BCUT2D eigenvalue weighted by atomic mass is 10.1. The first-order valence-corrected chi connectivity index (χ1v) is 3.42. The van der Waals surface area contributed by atoms with Crippen LogP contribution in [-0.2, 0) is 6.42 Å². The molecule has 0 spiro atoms. The van der Waals surface area contributed by atoms with E-state index >= 15 is 0 Å². The van der Waals surface area contributed by atoms with Gasteiger partial charge in [-0.3, -0.25) is 9.98 Å². The number of aryl methyl sites for hydroxylation is 1. The fourth-order valence-electron chi connectivity index (χ4n) is 1.13. The van der Waals surface area contributed by atoms with E-state index < -0.39 is 0 Å². The van der Waals surface area contributed by atoms with Crippen molar-refractivity contribution in [1.82, 2.24) is 4.98 Å². The monoisotopic (exact) mass is 132 g/mol. The van der Waals surface area contributed by atoms with Gasteiger partial charge >= 0.3 is 0 Å². The maximum atomic E-state index is 4.21. The van der Waals surface area contributed by atoms with Crippen molar-refractivity contribution in [1.29, 1.82) is 0 Å². The van der Waals surface area contributed by atoms with Gasteiger partial charge in [0.15, 0.2) is 0 Å². The number of aliphatic imine (C=N–C) groups is 1. The number of hydrogen-bond donors (Lipinski definition) is 0. The van der Waals surface area contributed by atoms with Gasteiger partial charge < -0.3 is 0 Å². The van der Waals surface area contributed by atoms with E-state index in [1.165, 1.54) is 5.56 Å². The van der Waals surface area contributed by atoms with Gasteiger partial charge in [-0.15, -0.1) is 0 Å². The largest absolute Gasteiger partial charge is 0.262 e. The topological polar surface area (TPSA) is 25.2 Å². The van der Waals surface area contributed by atoms with E-state index in [4.69, 9.17) is 0 Å². The van der Waals surface area contributed by atoms with E-state index in [9.17, 15) is 0 Å². The highest BCUT2D eigenvalue weighted by Crippen LogP contribution is 2.21. The Hall–Kier alpha value is -1.18. The van der Waals surface area contributed by atoms with Crippen LogP contribution >= 0.6 is 0 Å². The Labute approximate surface area is 59.6 Å². The lowest BCUT2D eigenvalue weighted by Crippen LogP contribution is -1.92. The molecule has 10 heavy (non-hydrogen) atoms. The zero-order chi connectivity index (χ0) is 6.81.